The molecule has 1 aliphatic carbocycles. The van der Waals surface area contributed by atoms with E-state index in [9.17, 15) is 4.79 Å². The third kappa shape index (κ3) is 4.87. The topological polar surface area (TPSA) is 47.6 Å². The highest BCUT2D eigenvalue weighted by atomic mass is 35.5. The zero-order valence-electron chi connectivity index (χ0n) is 14.7. The van der Waals surface area contributed by atoms with Gasteiger partial charge in [-0.2, -0.15) is 0 Å². The number of carbonyl (C=O) groups excluding carboxylic acids is 1. The van der Waals surface area contributed by atoms with Crippen LogP contribution >= 0.6 is 11.6 Å². The highest BCUT2D eigenvalue weighted by Gasteiger charge is 2.39. The lowest BCUT2D eigenvalue weighted by Crippen LogP contribution is -2.45. The molecule has 0 aromatic heterocycles. The van der Waals surface area contributed by atoms with Crippen LogP contribution in [0.5, 0.6) is 5.75 Å². The van der Waals surface area contributed by atoms with Crippen LogP contribution in [0, 0.1) is 0 Å². The van der Waals surface area contributed by atoms with E-state index in [1.165, 1.54) is 0 Å². The zero-order chi connectivity index (χ0) is 17.4. The molecule has 0 atom stereocenters. The molecule has 0 spiro atoms. The Morgan fingerprint density at radius 2 is 1.92 bits per heavy atom. The van der Waals surface area contributed by atoms with Gasteiger partial charge in [-0.05, 0) is 44.4 Å². The SMILES string of the molecule is CCCOc1ccc(NC(=O)C2(OCC)CCCCCC2)cc1Cl. The van der Waals surface area contributed by atoms with E-state index in [0.29, 0.717) is 29.7 Å². The smallest absolute Gasteiger partial charge is 0.256 e. The first kappa shape index (κ1) is 19.1. The summed E-state index contributed by atoms with van der Waals surface area (Å²) in [6.07, 6.45) is 6.85. The van der Waals surface area contributed by atoms with Crippen molar-refractivity contribution in [2.75, 3.05) is 18.5 Å². The number of hydrogen-bond acceptors (Lipinski definition) is 3. The van der Waals surface area contributed by atoms with Gasteiger partial charge in [0.05, 0.1) is 11.6 Å². The highest BCUT2D eigenvalue weighted by molar-refractivity contribution is 6.32. The van der Waals surface area contributed by atoms with Crippen LogP contribution in [-0.2, 0) is 9.53 Å². The molecule has 2 rings (SSSR count). The third-order valence-electron chi connectivity index (χ3n) is 4.40. The quantitative estimate of drug-likeness (QED) is 0.685. The van der Waals surface area contributed by atoms with Crippen LogP contribution < -0.4 is 10.1 Å². The fraction of sp³-hybridized carbons (Fsp3) is 0.632. The summed E-state index contributed by atoms with van der Waals surface area (Å²) >= 11 is 6.25. The zero-order valence-corrected chi connectivity index (χ0v) is 15.5. The first-order valence-electron chi connectivity index (χ1n) is 8.99. The van der Waals surface area contributed by atoms with E-state index in [0.717, 1.165) is 44.9 Å². The van der Waals surface area contributed by atoms with E-state index in [1.54, 1.807) is 12.1 Å². The average molecular weight is 354 g/mol. The minimum Gasteiger partial charge on any atom is -0.492 e. The Kier molecular flexibility index (Phi) is 7.38. The van der Waals surface area contributed by atoms with Crippen molar-refractivity contribution in [1.29, 1.82) is 0 Å². The number of carbonyl (C=O) groups is 1. The van der Waals surface area contributed by atoms with Crippen LogP contribution in [0.25, 0.3) is 0 Å². The summed E-state index contributed by atoms with van der Waals surface area (Å²) in [6.45, 7) is 5.15. The van der Waals surface area contributed by atoms with E-state index in [-0.39, 0.29) is 5.91 Å². The predicted octanol–water partition coefficient (Wildman–Crippen LogP) is 5.20. The Labute approximate surface area is 149 Å². The minimum atomic E-state index is -0.713. The largest absolute Gasteiger partial charge is 0.492 e. The molecule has 24 heavy (non-hydrogen) atoms. The Balaban J connectivity index is 2.10. The first-order valence-corrected chi connectivity index (χ1v) is 9.37. The lowest BCUT2D eigenvalue weighted by Gasteiger charge is -2.31. The van der Waals surface area contributed by atoms with Gasteiger partial charge in [0.15, 0.2) is 0 Å². The fourth-order valence-corrected chi connectivity index (χ4v) is 3.40. The molecule has 0 unspecified atom stereocenters. The maximum absolute atomic E-state index is 12.9. The predicted molar refractivity (Wildman–Crippen MR) is 97.9 cm³/mol. The molecule has 0 saturated heterocycles. The maximum Gasteiger partial charge on any atom is 0.256 e. The van der Waals surface area contributed by atoms with Crippen molar-refractivity contribution >= 4 is 23.2 Å². The lowest BCUT2D eigenvalue weighted by atomic mass is 9.93. The number of benzene rings is 1. The molecule has 4 nitrogen and oxygen atoms in total. The average Bonchev–Trinajstić information content (AvgIpc) is 2.81. The molecule has 1 N–H and O–H groups in total. The summed E-state index contributed by atoms with van der Waals surface area (Å²) < 4.78 is 11.5. The van der Waals surface area contributed by atoms with Gasteiger partial charge in [0.1, 0.15) is 11.4 Å². The second-order valence-electron chi connectivity index (χ2n) is 6.29. The van der Waals surface area contributed by atoms with Crippen molar-refractivity contribution < 1.29 is 14.3 Å². The second kappa shape index (κ2) is 9.28. The molecule has 1 aromatic carbocycles. The Morgan fingerprint density at radius 3 is 2.50 bits per heavy atom. The molecule has 1 aromatic rings. The van der Waals surface area contributed by atoms with Crippen molar-refractivity contribution in [3.05, 3.63) is 23.2 Å². The normalized spacial score (nSPS) is 17.1. The molecule has 0 radical (unpaired) electrons. The number of ether oxygens (including phenoxy) is 2. The summed E-state index contributed by atoms with van der Waals surface area (Å²) in [4.78, 5) is 12.9. The summed E-state index contributed by atoms with van der Waals surface area (Å²) in [5, 5.41) is 3.49. The van der Waals surface area contributed by atoms with E-state index in [4.69, 9.17) is 21.1 Å². The summed E-state index contributed by atoms with van der Waals surface area (Å²) in [5.41, 5.74) is -0.0352. The molecule has 134 valence electrons. The monoisotopic (exact) mass is 353 g/mol. The van der Waals surface area contributed by atoms with Crippen molar-refractivity contribution in [3.8, 4) is 5.75 Å². The van der Waals surface area contributed by atoms with Gasteiger partial charge in [0, 0.05) is 12.3 Å². The summed E-state index contributed by atoms with van der Waals surface area (Å²) in [5.74, 6) is 0.579. The minimum absolute atomic E-state index is 0.0652. The highest BCUT2D eigenvalue weighted by Crippen LogP contribution is 2.33. The Bertz CT molecular complexity index is 539. The number of anilines is 1. The van der Waals surface area contributed by atoms with Crippen molar-refractivity contribution in [3.63, 3.8) is 0 Å². The molecule has 1 amide bonds. The van der Waals surface area contributed by atoms with E-state index in [2.05, 4.69) is 5.32 Å². The molecule has 1 saturated carbocycles. The van der Waals surface area contributed by atoms with Gasteiger partial charge >= 0.3 is 0 Å². The molecule has 0 bridgehead atoms. The maximum atomic E-state index is 12.9. The van der Waals surface area contributed by atoms with Gasteiger partial charge in [0.25, 0.3) is 5.91 Å². The van der Waals surface area contributed by atoms with Crippen LogP contribution in [0.3, 0.4) is 0 Å². The number of nitrogens with one attached hydrogen (secondary N) is 1. The first-order chi connectivity index (χ1) is 11.6. The standard InChI is InChI=1S/C19H28ClNO3/c1-3-13-23-17-10-9-15(14-16(17)20)21-18(22)19(24-4-2)11-7-5-6-8-12-19/h9-10,14H,3-8,11-13H2,1-2H3,(H,21,22). The van der Waals surface area contributed by atoms with E-state index in [1.807, 2.05) is 19.9 Å². The van der Waals surface area contributed by atoms with Crippen molar-refractivity contribution in [1.82, 2.24) is 0 Å². The molecular formula is C19H28ClNO3. The van der Waals surface area contributed by atoms with Crippen LogP contribution in [0.15, 0.2) is 18.2 Å². The third-order valence-corrected chi connectivity index (χ3v) is 4.69. The fourth-order valence-electron chi connectivity index (χ4n) is 3.17. The number of hydrogen-bond donors (Lipinski definition) is 1. The van der Waals surface area contributed by atoms with Crippen LogP contribution in [0.4, 0.5) is 5.69 Å². The number of halogens is 1. The van der Waals surface area contributed by atoms with Gasteiger partial charge < -0.3 is 14.8 Å². The lowest BCUT2D eigenvalue weighted by molar-refractivity contribution is -0.143. The van der Waals surface area contributed by atoms with Crippen molar-refractivity contribution in [2.45, 2.75) is 64.4 Å². The van der Waals surface area contributed by atoms with Gasteiger partial charge in [-0.25, -0.2) is 0 Å². The van der Waals surface area contributed by atoms with E-state index < -0.39 is 5.60 Å². The summed E-state index contributed by atoms with van der Waals surface area (Å²) in [7, 11) is 0. The van der Waals surface area contributed by atoms with Gasteiger partial charge in [-0.3, -0.25) is 4.79 Å². The van der Waals surface area contributed by atoms with Crippen molar-refractivity contribution in [2.24, 2.45) is 0 Å². The molecule has 0 aliphatic heterocycles. The van der Waals surface area contributed by atoms with Crippen LogP contribution in [0.2, 0.25) is 5.02 Å². The Morgan fingerprint density at radius 1 is 1.21 bits per heavy atom. The van der Waals surface area contributed by atoms with Crippen LogP contribution in [0.1, 0.15) is 58.8 Å². The molecule has 5 heteroatoms. The summed E-state index contributed by atoms with van der Waals surface area (Å²) in [6, 6.07) is 5.36. The second-order valence-corrected chi connectivity index (χ2v) is 6.70. The number of amides is 1. The molecular weight excluding hydrogens is 326 g/mol. The molecule has 0 heterocycles. The number of rotatable bonds is 7. The Hall–Kier alpha value is -1.26. The molecule has 1 fully saturated rings. The van der Waals surface area contributed by atoms with Gasteiger partial charge in [-0.15, -0.1) is 0 Å². The van der Waals surface area contributed by atoms with Crippen LogP contribution in [-0.4, -0.2) is 24.7 Å². The molecule has 1 aliphatic rings. The van der Waals surface area contributed by atoms with Gasteiger partial charge in [0.2, 0.25) is 0 Å². The van der Waals surface area contributed by atoms with E-state index >= 15 is 0 Å². The van der Waals surface area contributed by atoms with Gasteiger partial charge in [-0.1, -0.05) is 44.2 Å².